The molecule has 8 heteroatoms. The van der Waals surface area contributed by atoms with Gasteiger partial charge in [0.2, 0.25) is 0 Å². The summed E-state index contributed by atoms with van der Waals surface area (Å²) in [5, 5.41) is 3.66. The summed E-state index contributed by atoms with van der Waals surface area (Å²) < 4.78 is 29.1. The van der Waals surface area contributed by atoms with Crippen LogP contribution in [0, 0.1) is 0 Å². The summed E-state index contributed by atoms with van der Waals surface area (Å²) in [5.41, 5.74) is 0.810. The molecule has 0 aliphatic rings. The second kappa shape index (κ2) is 6.68. The first-order valence-corrected chi connectivity index (χ1v) is 7.92. The van der Waals surface area contributed by atoms with E-state index < -0.39 is 15.4 Å². The summed E-state index contributed by atoms with van der Waals surface area (Å²) in [5.74, 6) is 0.604. The minimum atomic E-state index is -3.48. The molecule has 0 fully saturated rings. The maximum atomic E-state index is 11.5. The number of nitrogens with zero attached hydrogens (tertiary/aromatic N) is 4. The largest absolute Gasteiger partial charge is 0.273 e. The number of rotatable bonds is 6. The second-order valence-corrected chi connectivity index (χ2v) is 6.63. The summed E-state index contributed by atoms with van der Waals surface area (Å²) in [6, 6.07) is 3.59. The van der Waals surface area contributed by atoms with E-state index in [-0.39, 0.29) is 0 Å². The molecule has 0 N–H and O–H groups in total. The lowest BCUT2D eigenvalue weighted by Crippen LogP contribution is -2.39. The number of hydrogen-bond donors (Lipinski definition) is 0. The maximum absolute atomic E-state index is 11.5. The molecule has 7 nitrogen and oxygen atoms in total. The fraction of sp³-hybridized carbons (Fsp3) is 0.385. The predicted molar refractivity (Wildman–Crippen MR) is 75.5 cm³/mol. The van der Waals surface area contributed by atoms with Crippen molar-refractivity contribution in [3.63, 3.8) is 0 Å². The van der Waals surface area contributed by atoms with Crippen LogP contribution < -0.4 is 4.68 Å². The van der Waals surface area contributed by atoms with Crippen molar-refractivity contribution in [3.05, 3.63) is 36.9 Å². The first-order valence-electron chi connectivity index (χ1n) is 6.45. The maximum Gasteiger partial charge on any atom is 0.269 e. The van der Waals surface area contributed by atoms with Crippen LogP contribution in [0.25, 0.3) is 11.4 Å². The molecule has 0 aliphatic carbocycles. The molecule has 2 aromatic rings. The van der Waals surface area contributed by atoms with Gasteiger partial charge in [0.1, 0.15) is 6.20 Å². The van der Waals surface area contributed by atoms with E-state index in [9.17, 15) is 8.42 Å². The Labute approximate surface area is 123 Å². The zero-order valence-electron chi connectivity index (χ0n) is 11.9. The number of aryl methyl sites for hydroxylation is 1. The van der Waals surface area contributed by atoms with Crippen LogP contribution in [-0.4, -0.2) is 35.8 Å². The van der Waals surface area contributed by atoms with Crippen LogP contribution >= 0.6 is 0 Å². The molecule has 0 saturated carbocycles. The third-order valence-electron chi connectivity index (χ3n) is 3.09. The zero-order valence-corrected chi connectivity index (χ0v) is 12.7. The first-order chi connectivity index (χ1) is 10.0. The summed E-state index contributed by atoms with van der Waals surface area (Å²) in [7, 11) is -2.31. The van der Waals surface area contributed by atoms with Gasteiger partial charge in [-0.1, -0.05) is 4.68 Å². The molecule has 0 radical (unpaired) electrons. The van der Waals surface area contributed by atoms with Gasteiger partial charge >= 0.3 is 0 Å². The second-order valence-electron chi connectivity index (χ2n) is 4.51. The van der Waals surface area contributed by atoms with Crippen molar-refractivity contribution in [1.29, 1.82) is 0 Å². The predicted octanol–water partition coefficient (Wildman–Crippen LogP) is 0.581. The SMILES string of the molecule is COS(=O)(=O)C(C)CC[n+]1ccc(-c2ncccn2)cn1. The smallest absolute Gasteiger partial charge is 0.269 e. The van der Waals surface area contributed by atoms with Crippen LogP contribution in [0.3, 0.4) is 0 Å². The van der Waals surface area contributed by atoms with Crippen LogP contribution in [-0.2, 0) is 20.8 Å². The Kier molecular flexibility index (Phi) is 4.92. The lowest BCUT2D eigenvalue weighted by molar-refractivity contribution is -0.754. The normalized spacial score (nSPS) is 13.0. The molecule has 2 rings (SSSR count). The van der Waals surface area contributed by atoms with Gasteiger partial charge in [-0.3, -0.25) is 4.18 Å². The Hall–Kier alpha value is -1.93. The molecule has 112 valence electrons. The van der Waals surface area contributed by atoms with Crippen molar-refractivity contribution in [1.82, 2.24) is 15.1 Å². The van der Waals surface area contributed by atoms with Crippen molar-refractivity contribution in [3.8, 4) is 11.4 Å². The quantitative estimate of drug-likeness (QED) is 0.573. The van der Waals surface area contributed by atoms with E-state index >= 15 is 0 Å². The molecule has 0 aromatic carbocycles. The highest BCUT2D eigenvalue weighted by atomic mass is 32.2. The summed E-state index contributed by atoms with van der Waals surface area (Å²) in [4.78, 5) is 8.28. The molecule has 0 bridgehead atoms. The highest BCUT2D eigenvalue weighted by Gasteiger charge is 2.22. The van der Waals surface area contributed by atoms with Gasteiger partial charge in [0.05, 0.1) is 12.4 Å². The third-order valence-corrected chi connectivity index (χ3v) is 4.77. The summed E-state index contributed by atoms with van der Waals surface area (Å²) in [6.45, 7) is 2.10. The van der Waals surface area contributed by atoms with Gasteiger partial charge in [-0.15, -0.1) is 0 Å². The highest BCUT2D eigenvalue weighted by Crippen LogP contribution is 2.10. The summed E-state index contributed by atoms with van der Waals surface area (Å²) in [6.07, 6.45) is 7.19. The molecule has 1 unspecified atom stereocenters. The first kappa shape index (κ1) is 15.5. The van der Waals surface area contributed by atoms with Crippen LogP contribution in [0.1, 0.15) is 13.3 Å². The van der Waals surface area contributed by atoms with E-state index in [1.807, 2.05) is 6.07 Å². The Balaban J connectivity index is 2.01. The van der Waals surface area contributed by atoms with E-state index in [0.29, 0.717) is 18.8 Å². The van der Waals surface area contributed by atoms with Crippen LogP contribution in [0.2, 0.25) is 0 Å². The van der Waals surface area contributed by atoms with Gasteiger partial charge in [-0.25, -0.2) is 9.97 Å². The monoisotopic (exact) mass is 309 g/mol. The fourth-order valence-corrected chi connectivity index (χ4v) is 2.44. The molecule has 0 saturated heterocycles. The molecule has 2 aromatic heterocycles. The average molecular weight is 309 g/mol. The molecule has 0 spiro atoms. The summed E-state index contributed by atoms with van der Waals surface area (Å²) >= 11 is 0. The standard InChI is InChI=1S/C13H17N4O3S/c1-11(21(18,19)20-2)4-8-17-9-5-12(10-16-17)13-14-6-3-7-15-13/h3,5-7,9-11H,4,8H2,1-2H3/q+1. The molecular weight excluding hydrogens is 292 g/mol. The molecule has 0 aliphatic heterocycles. The fourth-order valence-electron chi connectivity index (χ4n) is 1.72. The van der Waals surface area contributed by atoms with Crippen molar-refractivity contribution in [2.45, 2.75) is 25.1 Å². The van der Waals surface area contributed by atoms with E-state index in [1.54, 1.807) is 42.5 Å². The Morgan fingerprint density at radius 3 is 2.62 bits per heavy atom. The van der Waals surface area contributed by atoms with Crippen molar-refractivity contribution < 1.29 is 17.3 Å². The average Bonchev–Trinajstić information content (AvgIpc) is 2.54. The van der Waals surface area contributed by atoms with E-state index in [2.05, 4.69) is 19.2 Å². The minimum Gasteiger partial charge on any atom is -0.273 e. The van der Waals surface area contributed by atoms with Gasteiger partial charge in [-0.2, -0.15) is 8.42 Å². The molecule has 21 heavy (non-hydrogen) atoms. The Morgan fingerprint density at radius 2 is 2.05 bits per heavy atom. The molecule has 1 atom stereocenters. The van der Waals surface area contributed by atoms with E-state index in [1.165, 1.54) is 7.11 Å². The lowest BCUT2D eigenvalue weighted by Gasteiger charge is -2.07. The highest BCUT2D eigenvalue weighted by molar-refractivity contribution is 7.87. The van der Waals surface area contributed by atoms with Gasteiger partial charge in [0, 0.05) is 30.4 Å². The van der Waals surface area contributed by atoms with E-state index in [4.69, 9.17) is 0 Å². The van der Waals surface area contributed by atoms with Gasteiger partial charge in [0.25, 0.3) is 10.1 Å². The number of aromatic nitrogens is 4. The lowest BCUT2D eigenvalue weighted by atomic mass is 10.3. The number of hydrogen-bond acceptors (Lipinski definition) is 6. The Morgan fingerprint density at radius 1 is 1.33 bits per heavy atom. The van der Waals surface area contributed by atoms with Gasteiger partial charge in [0.15, 0.2) is 18.6 Å². The van der Waals surface area contributed by atoms with Crippen LogP contribution in [0.5, 0.6) is 0 Å². The van der Waals surface area contributed by atoms with Crippen LogP contribution in [0.15, 0.2) is 36.9 Å². The van der Waals surface area contributed by atoms with E-state index in [0.717, 1.165) is 5.56 Å². The minimum absolute atomic E-state index is 0.426. The zero-order chi connectivity index (χ0) is 15.3. The van der Waals surface area contributed by atoms with Gasteiger partial charge in [-0.05, 0) is 18.1 Å². The Bertz CT molecular complexity index is 674. The van der Waals surface area contributed by atoms with Crippen molar-refractivity contribution >= 4 is 10.1 Å². The molecule has 0 amide bonds. The van der Waals surface area contributed by atoms with Crippen molar-refractivity contribution in [2.24, 2.45) is 0 Å². The van der Waals surface area contributed by atoms with Gasteiger partial charge < -0.3 is 0 Å². The van der Waals surface area contributed by atoms with Crippen molar-refractivity contribution in [2.75, 3.05) is 7.11 Å². The van der Waals surface area contributed by atoms with Crippen LogP contribution in [0.4, 0.5) is 0 Å². The molecule has 2 heterocycles. The molecular formula is C13H17N4O3S+. The third kappa shape index (κ3) is 4.02. The topological polar surface area (TPSA) is 85.9 Å².